The summed E-state index contributed by atoms with van der Waals surface area (Å²) in [5.41, 5.74) is 2.65. The maximum atomic E-state index is 11.4. The van der Waals surface area contributed by atoms with Crippen LogP contribution in [-0.4, -0.2) is 24.6 Å². The number of aromatic nitrogens is 2. The van der Waals surface area contributed by atoms with Crippen molar-refractivity contribution in [1.29, 1.82) is 0 Å². The smallest absolute Gasteiger partial charge is 0.175 e. The molecule has 0 aliphatic carbocycles. The van der Waals surface area contributed by atoms with Gasteiger partial charge in [-0.3, -0.25) is 0 Å². The summed E-state index contributed by atoms with van der Waals surface area (Å²) < 4.78 is 23.8. The van der Waals surface area contributed by atoms with Crippen LogP contribution in [0.5, 0.6) is 0 Å². The van der Waals surface area contributed by atoms with Gasteiger partial charge in [0, 0.05) is 16.3 Å². The lowest BCUT2D eigenvalue weighted by atomic mass is 10.2. The number of benzene rings is 2. The Bertz CT molecular complexity index is 883. The van der Waals surface area contributed by atoms with Crippen molar-refractivity contribution in [1.82, 2.24) is 9.97 Å². The molecule has 1 aromatic heterocycles. The van der Waals surface area contributed by atoms with Gasteiger partial charge < -0.3 is 4.98 Å². The van der Waals surface area contributed by atoms with E-state index in [2.05, 4.69) is 25.9 Å². The molecule has 2 aromatic carbocycles. The highest BCUT2D eigenvalue weighted by Crippen LogP contribution is 2.24. The van der Waals surface area contributed by atoms with Crippen molar-refractivity contribution in [3.63, 3.8) is 0 Å². The molecule has 6 heteroatoms. The van der Waals surface area contributed by atoms with E-state index in [1.54, 1.807) is 24.3 Å². The molecule has 1 N–H and O–H groups in total. The monoisotopic (exact) mass is 350 g/mol. The Hall–Kier alpha value is -1.66. The van der Waals surface area contributed by atoms with Crippen LogP contribution in [0.25, 0.3) is 22.4 Å². The third-order valence-electron chi connectivity index (χ3n) is 3.00. The van der Waals surface area contributed by atoms with Crippen molar-refractivity contribution < 1.29 is 8.42 Å². The van der Waals surface area contributed by atoms with Gasteiger partial charge in [0.25, 0.3) is 0 Å². The molecule has 0 saturated heterocycles. The van der Waals surface area contributed by atoms with Crippen LogP contribution in [0.4, 0.5) is 0 Å². The number of rotatable bonds is 2. The number of nitrogens with zero attached hydrogens (tertiary/aromatic N) is 1. The summed E-state index contributed by atoms with van der Waals surface area (Å²) in [5, 5.41) is 0. The minimum absolute atomic E-state index is 0.306. The van der Waals surface area contributed by atoms with Gasteiger partial charge in [-0.25, -0.2) is 13.4 Å². The Labute approximate surface area is 124 Å². The predicted octanol–water partition coefficient (Wildman–Crippen LogP) is 3.40. The average Bonchev–Trinajstić information content (AvgIpc) is 2.80. The second-order valence-electron chi connectivity index (χ2n) is 4.54. The molecular weight excluding hydrogens is 340 g/mol. The van der Waals surface area contributed by atoms with Gasteiger partial charge in [0.15, 0.2) is 9.84 Å². The molecule has 0 unspecified atom stereocenters. The highest BCUT2D eigenvalue weighted by atomic mass is 79.9. The highest BCUT2D eigenvalue weighted by Gasteiger charge is 2.09. The van der Waals surface area contributed by atoms with Crippen molar-refractivity contribution >= 4 is 36.8 Å². The first-order valence-electron chi connectivity index (χ1n) is 5.89. The van der Waals surface area contributed by atoms with E-state index in [-0.39, 0.29) is 0 Å². The lowest BCUT2D eigenvalue weighted by molar-refractivity contribution is 0.602. The summed E-state index contributed by atoms with van der Waals surface area (Å²) in [5.74, 6) is 0.721. The number of aromatic amines is 1. The number of H-pyrrole nitrogens is 1. The summed E-state index contributed by atoms with van der Waals surface area (Å²) in [6, 6.07) is 12.5. The zero-order chi connectivity index (χ0) is 14.3. The number of sulfone groups is 1. The number of hydrogen-bond acceptors (Lipinski definition) is 3. The normalized spacial score (nSPS) is 11.9. The van der Waals surface area contributed by atoms with Crippen LogP contribution in [0.15, 0.2) is 51.8 Å². The molecule has 0 amide bonds. The molecule has 0 radical (unpaired) electrons. The van der Waals surface area contributed by atoms with Crippen molar-refractivity contribution in [3.05, 3.63) is 46.9 Å². The number of halogens is 1. The lowest BCUT2D eigenvalue weighted by Crippen LogP contribution is -1.96. The number of nitrogens with one attached hydrogen (secondary N) is 1. The summed E-state index contributed by atoms with van der Waals surface area (Å²) >= 11 is 3.41. The van der Waals surface area contributed by atoms with Crippen LogP contribution < -0.4 is 0 Å². The molecule has 3 rings (SSSR count). The molecule has 0 spiro atoms. The Kier molecular flexibility index (Phi) is 3.14. The fourth-order valence-corrected chi connectivity index (χ4v) is 2.97. The summed E-state index contributed by atoms with van der Waals surface area (Å²) in [7, 11) is -3.17. The minimum atomic E-state index is -3.17. The van der Waals surface area contributed by atoms with Gasteiger partial charge in [0.1, 0.15) is 5.82 Å². The standard InChI is InChI=1S/C14H11BrN2O2S/c1-20(18,19)11-5-2-9(3-6-11)14-16-12-7-4-10(15)8-13(12)17-14/h2-8H,1H3,(H,16,17). The number of fused-ring (bicyclic) bond motifs is 1. The Balaban J connectivity index is 2.07. The fraction of sp³-hybridized carbons (Fsp3) is 0.0714. The molecule has 0 saturated carbocycles. The van der Waals surface area contributed by atoms with Crippen LogP contribution >= 0.6 is 15.9 Å². The Morgan fingerprint density at radius 2 is 1.80 bits per heavy atom. The van der Waals surface area contributed by atoms with E-state index in [9.17, 15) is 8.42 Å². The van der Waals surface area contributed by atoms with Gasteiger partial charge >= 0.3 is 0 Å². The highest BCUT2D eigenvalue weighted by molar-refractivity contribution is 9.10. The molecule has 0 bridgehead atoms. The van der Waals surface area contributed by atoms with Gasteiger partial charge in [-0.15, -0.1) is 0 Å². The van der Waals surface area contributed by atoms with Crippen molar-refractivity contribution in [2.24, 2.45) is 0 Å². The first kappa shape index (κ1) is 13.3. The van der Waals surface area contributed by atoms with E-state index < -0.39 is 9.84 Å². The SMILES string of the molecule is CS(=O)(=O)c1ccc(-c2nc3ccc(Br)cc3[nH]2)cc1. The van der Waals surface area contributed by atoms with Crippen LogP contribution in [0.3, 0.4) is 0 Å². The van der Waals surface area contributed by atoms with Gasteiger partial charge in [-0.2, -0.15) is 0 Å². The first-order valence-corrected chi connectivity index (χ1v) is 8.58. The Morgan fingerprint density at radius 1 is 1.10 bits per heavy atom. The molecule has 0 aliphatic heterocycles. The van der Waals surface area contributed by atoms with E-state index in [1.807, 2.05) is 18.2 Å². The minimum Gasteiger partial charge on any atom is -0.338 e. The van der Waals surface area contributed by atoms with Crippen LogP contribution in [0.1, 0.15) is 0 Å². The summed E-state index contributed by atoms with van der Waals surface area (Å²) in [6.07, 6.45) is 1.20. The average molecular weight is 351 g/mol. The van der Waals surface area contributed by atoms with Gasteiger partial charge in [-0.05, 0) is 42.5 Å². The van der Waals surface area contributed by atoms with E-state index >= 15 is 0 Å². The Morgan fingerprint density at radius 3 is 2.45 bits per heavy atom. The summed E-state index contributed by atoms with van der Waals surface area (Å²) in [4.78, 5) is 8.02. The fourth-order valence-electron chi connectivity index (χ4n) is 1.98. The topological polar surface area (TPSA) is 62.8 Å². The molecule has 3 aromatic rings. The van der Waals surface area contributed by atoms with E-state index in [0.29, 0.717) is 4.90 Å². The van der Waals surface area contributed by atoms with Crippen molar-refractivity contribution in [3.8, 4) is 11.4 Å². The third kappa shape index (κ3) is 2.48. The van der Waals surface area contributed by atoms with E-state index in [1.165, 1.54) is 6.26 Å². The van der Waals surface area contributed by atoms with Crippen LogP contribution in [0, 0.1) is 0 Å². The maximum absolute atomic E-state index is 11.4. The summed E-state index contributed by atoms with van der Waals surface area (Å²) in [6.45, 7) is 0. The second kappa shape index (κ2) is 4.71. The molecular formula is C14H11BrN2O2S. The number of hydrogen-bond donors (Lipinski definition) is 1. The quantitative estimate of drug-likeness (QED) is 0.770. The predicted molar refractivity (Wildman–Crippen MR) is 82.3 cm³/mol. The van der Waals surface area contributed by atoms with E-state index in [0.717, 1.165) is 26.9 Å². The van der Waals surface area contributed by atoms with Gasteiger partial charge in [0.05, 0.1) is 15.9 Å². The lowest BCUT2D eigenvalue weighted by Gasteiger charge is -1.99. The van der Waals surface area contributed by atoms with E-state index in [4.69, 9.17) is 0 Å². The largest absolute Gasteiger partial charge is 0.338 e. The molecule has 4 nitrogen and oxygen atoms in total. The molecule has 20 heavy (non-hydrogen) atoms. The van der Waals surface area contributed by atoms with Crippen LogP contribution in [-0.2, 0) is 9.84 Å². The molecule has 0 atom stereocenters. The third-order valence-corrected chi connectivity index (χ3v) is 4.62. The first-order chi connectivity index (χ1) is 9.43. The molecule has 0 aliphatic rings. The molecule has 1 heterocycles. The second-order valence-corrected chi connectivity index (χ2v) is 7.47. The zero-order valence-corrected chi connectivity index (χ0v) is 13.0. The molecule has 102 valence electrons. The van der Waals surface area contributed by atoms with Crippen LogP contribution in [0.2, 0.25) is 0 Å². The number of imidazole rings is 1. The van der Waals surface area contributed by atoms with Gasteiger partial charge in [-0.1, -0.05) is 15.9 Å². The zero-order valence-electron chi connectivity index (χ0n) is 10.6. The maximum Gasteiger partial charge on any atom is 0.175 e. The van der Waals surface area contributed by atoms with Crippen molar-refractivity contribution in [2.45, 2.75) is 4.90 Å². The molecule has 0 fully saturated rings. The van der Waals surface area contributed by atoms with Gasteiger partial charge in [0.2, 0.25) is 0 Å². The van der Waals surface area contributed by atoms with Crippen molar-refractivity contribution in [2.75, 3.05) is 6.26 Å².